The van der Waals surface area contributed by atoms with Crippen molar-refractivity contribution in [3.63, 3.8) is 0 Å². The van der Waals surface area contributed by atoms with Crippen LogP contribution in [0.15, 0.2) is 5.38 Å². The van der Waals surface area contributed by atoms with E-state index in [4.69, 9.17) is 4.98 Å². The van der Waals surface area contributed by atoms with Gasteiger partial charge in [0.25, 0.3) is 0 Å². The minimum atomic E-state index is 0.130. The van der Waals surface area contributed by atoms with E-state index in [1.54, 1.807) is 0 Å². The number of aryl methyl sites for hydroxylation is 1. The quantitative estimate of drug-likeness (QED) is 0.883. The number of hydrogen-bond acceptors (Lipinski definition) is 3. The van der Waals surface area contributed by atoms with E-state index in [1.807, 2.05) is 11.3 Å². The molecule has 1 saturated carbocycles. The van der Waals surface area contributed by atoms with Gasteiger partial charge in [0.15, 0.2) is 0 Å². The van der Waals surface area contributed by atoms with Gasteiger partial charge in [0, 0.05) is 17.1 Å². The average Bonchev–Trinajstić information content (AvgIpc) is 2.68. The maximum atomic E-state index is 4.77. The second-order valence-electron chi connectivity index (χ2n) is 5.71. The zero-order chi connectivity index (χ0) is 12.5. The summed E-state index contributed by atoms with van der Waals surface area (Å²) < 4.78 is 0. The number of rotatable bonds is 3. The Morgan fingerprint density at radius 1 is 1.47 bits per heavy atom. The molecular weight excluding hydrogens is 228 g/mol. The van der Waals surface area contributed by atoms with Crippen LogP contribution in [0.3, 0.4) is 0 Å². The van der Waals surface area contributed by atoms with E-state index in [0.717, 1.165) is 5.69 Å². The van der Waals surface area contributed by atoms with Crippen LogP contribution >= 0.6 is 11.3 Å². The van der Waals surface area contributed by atoms with Gasteiger partial charge in [-0.15, -0.1) is 11.3 Å². The van der Waals surface area contributed by atoms with Crippen LogP contribution in [0.4, 0.5) is 0 Å². The lowest BCUT2D eigenvalue weighted by molar-refractivity contribution is 0.141. The van der Waals surface area contributed by atoms with Gasteiger partial charge < -0.3 is 5.32 Å². The molecule has 2 unspecified atom stereocenters. The number of hydrogen-bond donors (Lipinski definition) is 1. The Labute approximate surface area is 109 Å². The maximum absolute atomic E-state index is 4.77. The van der Waals surface area contributed by atoms with Crippen molar-refractivity contribution in [3.05, 3.63) is 16.1 Å². The molecule has 0 amide bonds. The predicted octanol–water partition coefficient (Wildman–Crippen LogP) is 3.85. The fourth-order valence-electron chi connectivity index (χ4n) is 3.02. The smallest absolute Gasteiger partial charge is 0.113 e. The van der Waals surface area contributed by atoms with E-state index in [9.17, 15) is 0 Å². The fraction of sp³-hybridized carbons (Fsp3) is 0.786. The molecule has 17 heavy (non-hydrogen) atoms. The third kappa shape index (κ3) is 2.55. The summed E-state index contributed by atoms with van der Waals surface area (Å²) in [6, 6.07) is 0.514. The van der Waals surface area contributed by atoms with E-state index in [0.29, 0.717) is 12.0 Å². The molecule has 1 aromatic heterocycles. The molecule has 2 rings (SSSR count). The van der Waals surface area contributed by atoms with E-state index >= 15 is 0 Å². The standard InChI is InChI=1S/C14H24N2S/c1-10(2)16-14(8-6-5-7-11(14)3)13-15-12(4)9-17-13/h9-11,16H,5-8H2,1-4H3. The van der Waals surface area contributed by atoms with Gasteiger partial charge in [0.2, 0.25) is 0 Å². The summed E-state index contributed by atoms with van der Waals surface area (Å²) in [7, 11) is 0. The Balaban J connectivity index is 2.34. The molecule has 96 valence electrons. The first kappa shape index (κ1) is 13.0. The molecule has 0 bridgehead atoms. The van der Waals surface area contributed by atoms with Crippen LogP contribution in [0.5, 0.6) is 0 Å². The van der Waals surface area contributed by atoms with E-state index < -0.39 is 0 Å². The van der Waals surface area contributed by atoms with Gasteiger partial charge in [-0.1, -0.05) is 19.8 Å². The molecule has 1 fully saturated rings. The lowest BCUT2D eigenvalue weighted by Gasteiger charge is -2.43. The Bertz CT molecular complexity index is 372. The van der Waals surface area contributed by atoms with Crippen molar-refractivity contribution in [2.24, 2.45) is 5.92 Å². The third-order valence-corrected chi connectivity index (χ3v) is 4.98. The Morgan fingerprint density at radius 3 is 2.76 bits per heavy atom. The van der Waals surface area contributed by atoms with Crippen LogP contribution in [0.2, 0.25) is 0 Å². The Kier molecular flexibility index (Phi) is 3.88. The van der Waals surface area contributed by atoms with Crippen LogP contribution in [-0.4, -0.2) is 11.0 Å². The highest BCUT2D eigenvalue weighted by Gasteiger charge is 2.42. The van der Waals surface area contributed by atoms with E-state index in [1.165, 1.54) is 30.7 Å². The molecule has 1 aliphatic carbocycles. The SMILES string of the molecule is Cc1csc(C2(NC(C)C)CCCCC2C)n1. The maximum Gasteiger partial charge on any atom is 0.113 e. The summed E-state index contributed by atoms with van der Waals surface area (Å²) in [5.41, 5.74) is 1.29. The largest absolute Gasteiger partial charge is 0.303 e. The Hall–Kier alpha value is -0.410. The highest BCUT2D eigenvalue weighted by Crippen LogP contribution is 2.43. The molecule has 2 atom stereocenters. The van der Waals surface area contributed by atoms with Crippen LogP contribution < -0.4 is 5.32 Å². The van der Waals surface area contributed by atoms with E-state index in [2.05, 4.69) is 38.4 Å². The first-order valence-corrected chi connectivity index (χ1v) is 7.63. The van der Waals surface area contributed by atoms with Gasteiger partial charge in [-0.3, -0.25) is 0 Å². The van der Waals surface area contributed by atoms with Gasteiger partial charge in [-0.05, 0) is 39.5 Å². The number of nitrogens with zero attached hydrogens (tertiary/aromatic N) is 1. The molecule has 2 nitrogen and oxygen atoms in total. The van der Waals surface area contributed by atoms with Gasteiger partial charge >= 0.3 is 0 Å². The number of thiazole rings is 1. The van der Waals surface area contributed by atoms with Gasteiger partial charge in [-0.2, -0.15) is 0 Å². The van der Waals surface area contributed by atoms with Crippen molar-refractivity contribution < 1.29 is 0 Å². The number of nitrogens with one attached hydrogen (secondary N) is 1. The van der Waals surface area contributed by atoms with Crippen molar-refractivity contribution >= 4 is 11.3 Å². The minimum Gasteiger partial charge on any atom is -0.303 e. The molecule has 1 N–H and O–H groups in total. The van der Waals surface area contributed by atoms with Gasteiger partial charge in [0.05, 0.1) is 5.54 Å². The summed E-state index contributed by atoms with van der Waals surface area (Å²) in [6.07, 6.45) is 5.24. The van der Waals surface area contributed by atoms with Gasteiger partial charge in [-0.25, -0.2) is 4.98 Å². The molecule has 0 spiro atoms. The molecule has 1 aliphatic rings. The zero-order valence-corrected chi connectivity index (χ0v) is 12.2. The summed E-state index contributed by atoms with van der Waals surface area (Å²) in [4.78, 5) is 4.77. The highest BCUT2D eigenvalue weighted by molar-refractivity contribution is 7.09. The Morgan fingerprint density at radius 2 is 2.24 bits per heavy atom. The molecule has 0 aromatic carbocycles. The van der Waals surface area contributed by atoms with E-state index in [-0.39, 0.29) is 5.54 Å². The predicted molar refractivity (Wildman–Crippen MR) is 74.4 cm³/mol. The summed E-state index contributed by atoms with van der Waals surface area (Å²) >= 11 is 1.83. The summed E-state index contributed by atoms with van der Waals surface area (Å²) in [5.74, 6) is 0.684. The molecule has 3 heteroatoms. The summed E-state index contributed by atoms with van der Waals surface area (Å²) in [5, 5.41) is 7.31. The van der Waals surface area contributed by atoms with Crippen LogP contribution in [0.25, 0.3) is 0 Å². The first-order valence-electron chi connectivity index (χ1n) is 6.75. The fourth-order valence-corrected chi connectivity index (χ4v) is 4.12. The molecule has 0 radical (unpaired) electrons. The van der Waals surface area contributed by atoms with Crippen molar-refractivity contribution in [3.8, 4) is 0 Å². The third-order valence-electron chi connectivity index (χ3n) is 3.85. The molecule has 0 saturated heterocycles. The van der Waals surface area contributed by atoms with Crippen molar-refractivity contribution in [1.82, 2.24) is 10.3 Å². The second-order valence-corrected chi connectivity index (χ2v) is 6.57. The molecular formula is C14H24N2S. The lowest BCUT2D eigenvalue weighted by atomic mass is 9.73. The minimum absolute atomic E-state index is 0.130. The van der Waals surface area contributed by atoms with Crippen molar-refractivity contribution in [2.45, 2.75) is 65.0 Å². The van der Waals surface area contributed by atoms with Crippen LogP contribution in [0.1, 0.15) is 57.2 Å². The summed E-state index contributed by atoms with van der Waals surface area (Å²) in [6.45, 7) is 8.95. The topological polar surface area (TPSA) is 24.9 Å². The highest BCUT2D eigenvalue weighted by atomic mass is 32.1. The normalized spacial score (nSPS) is 29.8. The lowest BCUT2D eigenvalue weighted by Crippen LogP contribution is -2.52. The molecule has 0 aliphatic heterocycles. The van der Waals surface area contributed by atoms with Crippen molar-refractivity contribution in [2.75, 3.05) is 0 Å². The van der Waals surface area contributed by atoms with Crippen molar-refractivity contribution in [1.29, 1.82) is 0 Å². The van der Waals surface area contributed by atoms with Crippen LogP contribution in [-0.2, 0) is 5.54 Å². The second kappa shape index (κ2) is 5.07. The monoisotopic (exact) mass is 252 g/mol. The van der Waals surface area contributed by atoms with Crippen LogP contribution in [0, 0.1) is 12.8 Å². The average molecular weight is 252 g/mol. The molecule has 1 heterocycles. The number of aromatic nitrogens is 1. The first-order chi connectivity index (χ1) is 8.04. The molecule has 1 aromatic rings. The van der Waals surface area contributed by atoms with Gasteiger partial charge in [0.1, 0.15) is 5.01 Å². The zero-order valence-electron chi connectivity index (χ0n) is 11.4.